The van der Waals surface area contributed by atoms with Crippen LogP contribution in [0, 0.1) is 0 Å². The Bertz CT molecular complexity index is 349. The summed E-state index contributed by atoms with van der Waals surface area (Å²) >= 11 is 0. The molecule has 1 fully saturated rings. The van der Waals surface area contributed by atoms with Gasteiger partial charge in [0.1, 0.15) is 5.54 Å². The Kier molecular flexibility index (Phi) is 6.26. The number of amides is 2. The maximum Gasteiger partial charge on any atom is 0.329 e. The molecule has 0 spiro atoms. The molecule has 0 aromatic carbocycles. The summed E-state index contributed by atoms with van der Waals surface area (Å²) in [7, 11) is 0. The summed E-state index contributed by atoms with van der Waals surface area (Å²) in [6.07, 6.45) is 3.13. The number of carboxylic acid groups (broad SMARTS) is 1. The third-order valence-corrected chi connectivity index (χ3v) is 3.90. The number of nitrogens with one attached hydrogen (secondary N) is 2. The van der Waals surface area contributed by atoms with E-state index in [0.29, 0.717) is 12.8 Å². The van der Waals surface area contributed by atoms with E-state index in [0.717, 1.165) is 32.5 Å². The molecule has 2 amide bonds. The molecular formula is C14H27N3O3. The van der Waals surface area contributed by atoms with Gasteiger partial charge in [0.2, 0.25) is 0 Å². The van der Waals surface area contributed by atoms with Crippen molar-refractivity contribution in [3.8, 4) is 0 Å². The molecule has 6 nitrogen and oxygen atoms in total. The number of carbonyl (C=O) groups excluding carboxylic acids is 1. The van der Waals surface area contributed by atoms with E-state index in [4.69, 9.17) is 0 Å². The van der Waals surface area contributed by atoms with Gasteiger partial charge in [0.25, 0.3) is 0 Å². The van der Waals surface area contributed by atoms with E-state index in [1.54, 1.807) is 6.92 Å². The zero-order chi connectivity index (χ0) is 15.2. The average Bonchev–Trinajstić information content (AvgIpc) is 2.38. The smallest absolute Gasteiger partial charge is 0.329 e. The van der Waals surface area contributed by atoms with Gasteiger partial charge in [-0.05, 0) is 39.3 Å². The number of likely N-dealkylation sites (tertiary alicyclic amines) is 1. The van der Waals surface area contributed by atoms with Crippen molar-refractivity contribution in [2.75, 3.05) is 19.6 Å². The molecule has 1 saturated heterocycles. The molecule has 6 heteroatoms. The van der Waals surface area contributed by atoms with Gasteiger partial charge in [-0.1, -0.05) is 20.3 Å². The molecule has 1 rings (SSSR count). The molecule has 1 heterocycles. The highest BCUT2D eigenvalue weighted by molar-refractivity contribution is 5.85. The van der Waals surface area contributed by atoms with Gasteiger partial charge in [-0.15, -0.1) is 0 Å². The summed E-state index contributed by atoms with van der Waals surface area (Å²) in [6.45, 7) is 8.44. The summed E-state index contributed by atoms with van der Waals surface area (Å²) in [4.78, 5) is 25.6. The number of urea groups is 1. The van der Waals surface area contributed by atoms with Crippen LogP contribution in [0.25, 0.3) is 0 Å². The number of carboxylic acids is 1. The maximum absolute atomic E-state index is 12.0. The van der Waals surface area contributed by atoms with Crippen LogP contribution < -0.4 is 10.6 Å². The molecule has 116 valence electrons. The summed E-state index contributed by atoms with van der Waals surface area (Å²) in [5.41, 5.74) is -1.20. The molecule has 2 unspecified atom stereocenters. The highest BCUT2D eigenvalue weighted by Crippen LogP contribution is 2.13. The predicted molar refractivity (Wildman–Crippen MR) is 77.8 cm³/mol. The van der Waals surface area contributed by atoms with Crippen LogP contribution in [0.3, 0.4) is 0 Å². The molecule has 0 radical (unpaired) electrons. The molecule has 1 aliphatic heterocycles. The quantitative estimate of drug-likeness (QED) is 0.689. The molecule has 0 aliphatic carbocycles. The molecule has 3 N–H and O–H groups in total. The summed E-state index contributed by atoms with van der Waals surface area (Å²) in [6, 6.07) is -0.283. The van der Waals surface area contributed by atoms with Gasteiger partial charge in [0.05, 0.1) is 0 Å². The van der Waals surface area contributed by atoms with E-state index in [9.17, 15) is 14.7 Å². The zero-order valence-electron chi connectivity index (χ0n) is 12.7. The van der Waals surface area contributed by atoms with Crippen molar-refractivity contribution in [1.29, 1.82) is 0 Å². The number of aliphatic carboxylic acids is 1. The van der Waals surface area contributed by atoms with Crippen molar-refractivity contribution in [2.45, 2.75) is 58.0 Å². The fourth-order valence-corrected chi connectivity index (χ4v) is 2.66. The monoisotopic (exact) mass is 285 g/mol. The average molecular weight is 285 g/mol. The second kappa shape index (κ2) is 7.47. The van der Waals surface area contributed by atoms with Gasteiger partial charge < -0.3 is 20.6 Å². The van der Waals surface area contributed by atoms with Crippen LogP contribution in [0.5, 0.6) is 0 Å². The molecule has 0 saturated carbocycles. The highest BCUT2D eigenvalue weighted by atomic mass is 16.4. The minimum atomic E-state index is -1.20. The SMILES string of the molecule is CCCC(C)(NC(=O)NC1CCCN(CC)C1)C(=O)O. The molecule has 0 aromatic heterocycles. The van der Waals surface area contributed by atoms with Gasteiger partial charge in [-0.3, -0.25) is 0 Å². The normalized spacial score (nSPS) is 22.9. The van der Waals surface area contributed by atoms with E-state index in [-0.39, 0.29) is 12.1 Å². The Hall–Kier alpha value is -1.30. The van der Waals surface area contributed by atoms with Crippen LogP contribution in [0.4, 0.5) is 4.79 Å². The van der Waals surface area contributed by atoms with Crippen LogP contribution >= 0.6 is 0 Å². The first-order chi connectivity index (χ1) is 9.41. The minimum Gasteiger partial charge on any atom is -0.480 e. The number of likely N-dealkylation sites (N-methyl/N-ethyl adjacent to an activating group) is 1. The Morgan fingerprint density at radius 2 is 2.10 bits per heavy atom. The second-order valence-electron chi connectivity index (χ2n) is 5.72. The first-order valence-corrected chi connectivity index (χ1v) is 7.45. The number of piperidine rings is 1. The van der Waals surface area contributed by atoms with Crippen molar-refractivity contribution in [3.63, 3.8) is 0 Å². The Morgan fingerprint density at radius 3 is 2.65 bits per heavy atom. The van der Waals surface area contributed by atoms with Gasteiger partial charge in [-0.25, -0.2) is 9.59 Å². The Labute approximate surface area is 120 Å². The van der Waals surface area contributed by atoms with Crippen molar-refractivity contribution in [2.24, 2.45) is 0 Å². The lowest BCUT2D eigenvalue weighted by molar-refractivity contribution is -0.144. The first-order valence-electron chi connectivity index (χ1n) is 7.45. The summed E-state index contributed by atoms with van der Waals surface area (Å²) < 4.78 is 0. The van der Waals surface area contributed by atoms with Gasteiger partial charge in [0.15, 0.2) is 0 Å². The number of nitrogens with zero attached hydrogens (tertiary/aromatic N) is 1. The van der Waals surface area contributed by atoms with Crippen LogP contribution in [0.2, 0.25) is 0 Å². The van der Waals surface area contributed by atoms with E-state index in [1.165, 1.54) is 0 Å². The predicted octanol–water partition coefficient (Wildman–Crippen LogP) is 1.41. The minimum absolute atomic E-state index is 0.100. The number of hydrogen-bond donors (Lipinski definition) is 3. The van der Waals surface area contributed by atoms with Gasteiger partial charge in [0, 0.05) is 12.6 Å². The largest absolute Gasteiger partial charge is 0.480 e. The van der Waals surface area contributed by atoms with E-state index in [2.05, 4.69) is 22.5 Å². The zero-order valence-corrected chi connectivity index (χ0v) is 12.7. The third-order valence-electron chi connectivity index (χ3n) is 3.90. The van der Waals surface area contributed by atoms with Crippen molar-refractivity contribution in [1.82, 2.24) is 15.5 Å². The number of hydrogen-bond acceptors (Lipinski definition) is 3. The molecule has 0 bridgehead atoms. The van der Waals surface area contributed by atoms with Gasteiger partial charge >= 0.3 is 12.0 Å². The van der Waals surface area contributed by atoms with Crippen molar-refractivity contribution < 1.29 is 14.7 Å². The lowest BCUT2D eigenvalue weighted by Crippen LogP contribution is -2.58. The topological polar surface area (TPSA) is 81.7 Å². The molecule has 1 aliphatic rings. The molecular weight excluding hydrogens is 258 g/mol. The van der Waals surface area contributed by atoms with Crippen LogP contribution in [-0.2, 0) is 4.79 Å². The number of carbonyl (C=O) groups is 2. The Balaban J connectivity index is 2.51. The van der Waals surface area contributed by atoms with Crippen LogP contribution in [0.1, 0.15) is 46.5 Å². The van der Waals surface area contributed by atoms with Crippen molar-refractivity contribution in [3.05, 3.63) is 0 Å². The van der Waals surface area contributed by atoms with Crippen LogP contribution in [0.15, 0.2) is 0 Å². The van der Waals surface area contributed by atoms with Crippen LogP contribution in [-0.4, -0.2) is 53.2 Å². The second-order valence-corrected chi connectivity index (χ2v) is 5.72. The third kappa shape index (κ3) is 4.67. The maximum atomic E-state index is 12.0. The lowest BCUT2D eigenvalue weighted by atomic mass is 9.96. The molecule has 0 aromatic rings. The standard InChI is InChI=1S/C14H27N3O3/c1-4-8-14(3,12(18)19)16-13(20)15-11-7-6-9-17(5-2)10-11/h11H,4-10H2,1-3H3,(H,18,19)(H2,15,16,20). The Morgan fingerprint density at radius 1 is 1.40 bits per heavy atom. The lowest BCUT2D eigenvalue weighted by Gasteiger charge is -2.33. The molecule has 20 heavy (non-hydrogen) atoms. The van der Waals surface area contributed by atoms with E-state index in [1.807, 2.05) is 6.92 Å². The molecule has 2 atom stereocenters. The number of rotatable bonds is 6. The van der Waals surface area contributed by atoms with Crippen molar-refractivity contribution >= 4 is 12.0 Å². The summed E-state index contributed by atoms with van der Waals surface area (Å²) in [5, 5.41) is 14.8. The highest BCUT2D eigenvalue weighted by Gasteiger charge is 2.34. The van der Waals surface area contributed by atoms with E-state index < -0.39 is 11.5 Å². The fraction of sp³-hybridized carbons (Fsp3) is 0.857. The summed E-state index contributed by atoms with van der Waals surface area (Å²) in [5.74, 6) is -0.992. The fourth-order valence-electron chi connectivity index (χ4n) is 2.66. The van der Waals surface area contributed by atoms with E-state index >= 15 is 0 Å². The van der Waals surface area contributed by atoms with Gasteiger partial charge in [-0.2, -0.15) is 0 Å². The first kappa shape index (κ1) is 16.8.